The van der Waals surface area contributed by atoms with Gasteiger partial charge in [-0.15, -0.1) is 0 Å². The third kappa shape index (κ3) is 6.57. The molecule has 6 aromatic carbocycles. The van der Waals surface area contributed by atoms with Gasteiger partial charge in [0.2, 0.25) is 0 Å². The number of rotatable bonds is 4. The molecule has 4 aliphatic rings. The highest BCUT2D eigenvalue weighted by Crippen LogP contribution is 2.62. The fourth-order valence-corrected chi connectivity index (χ4v) is 10.7. The van der Waals surface area contributed by atoms with Crippen LogP contribution in [0.1, 0.15) is 111 Å². The quantitative estimate of drug-likeness (QED) is 0.175. The first-order valence-corrected chi connectivity index (χ1v) is 22.1. The summed E-state index contributed by atoms with van der Waals surface area (Å²) in [5, 5.41) is 0. The van der Waals surface area contributed by atoms with Crippen molar-refractivity contribution < 1.29 is 4.74 Å². The molecule has 3 unspecified atom stereocenters. The number of hydrogen-bond donors (Lipinski definition) is 0. The van der Waals surface area contributed by atoms with E-state index in [1.165, 1.54) is 50.1 Å². The Morgan fingerprint density at radius 1 is 0.623 bits per heavy atom. The van der Waals surface area contributed by atoms with Crippen LogP contribution in [0, 0.1) is 17.3 Å². The van der Waals surface area contributed by atoms with Crippen LogP contribution in [0.2, 0.25) is 0 Å². The van der Waals surface area contributed by atoms with Gasteiger partial charge in [0.15, 0.2) is 5.84 Å². The molecule has 0 bridgehead atoms. The largest absolute Gasteiger partial charge is 0.457 e. The second-order valence-electron chi connectivity index (χ2n) is 18.6. The van der Waals surface area contributed by atoms with Gasteiger partial charge in [0.25, 0.3) is 0 Å². The molecule has 1 spiro atoms. The number of hydrogen-bond acceptors (Lipinski definition) is 3. The molecule has 61 heavy (non-hydrogen) atoms. The Hall–Kier alpha value is -6.32. The highest BCUT2D eigenvalue weighted by atomic mass is 16.5. The fraction of sp³-hybridized carbons (Fsp3) is 0.241. The second kappa shape index (κ2) is 15.3. The summed E-state index contributed by atoms with van der Waals surface area (Å²) < 4.78 is 6.64. The Labute approximate surface area is 362 Å². The Morgan fingerprint density at radius 3 is 1.95 bits per heavy atom. The third-order valence-corrected chi connectivity index (χ3v) is 13.7. The number of nitrogens with zero attached hydrogens (tertiary/aromatic N) is 2. The molecule has 0 amide bonds. The molecule has 2 heterocycles. The van der Waals surface area contributed by atoms with Crippen molar-refractivity contribution in [1.29, 1.82) is 0 Å². The van der Waals surface area contributed by atoms with Gasteiger partial charge in [-0.2, -0.15) is 0 Å². The molecule has 0 fully saturated rings. The number of allylic oxidation sites excluding steroid dienone is 6. The van der Waals surface area contributed by atoms with E-state index in [4.69, 9.17) is 14.7 Å². The van der Waals surface area contributed by atoms with Gasteiger partial charge in [-0.25, -0.2) is 4.99 Å². The molecular weight excluding hydrogens is 741 g/mol. The normalized spacial score (nSPS) is 24.6. The first-order chi connectivity index (χ1) is 29.6. The van der Waals surface area contributed by atoms with E-state index >= 15 is 0 Å². The maximum Gasteiger partial charge on any atom is 0.156 e. The molecule has 0 aromatic heterocycles. The van der Waals surface area contributed by atoms with Gasteiger partial charge in [0.05, 0.1) is 17.2 Å². The molecule has 302 valence electrons. The van der Waals surface area contributed by atoms with Crippen molar-refractivity contribution in [3.8, 4) is 22.6 Å². The third-order valence-electron chi connectivity index (χ3n) is 13.7. The maximum atomic E-state index is 6.64. The highest BCUT2D eigenvalue weighted by molar-refractivity contribution is 6.16. The predicted molar refractivity (Wildman–Crippen MR) is 254 cm³/mol. The number of amidine groups is 1. The smallest absolute Gasteiger partial charge is 0.156 e. The van der Waals surface area contributed by atoms with Crippen LogP contribution in [-0.4, -0.2) is 11.5 Å². The summed E-state index contributed by atoms with van der Waals surface area (Å²) in [6.45, 7) is 14.0. The number of fused-ring (bicyclic) bond motifs is 9. The van der Waals surface area contributed by atoms with E-state index in [0.29, 0.717) is 5.92 Å². The molecule has 6 aromatic rings. The zero-order valence-corrected chi connectivity index (χ0v) is 36.2. The van der Waals surface area contributed by atoms with Crippen molar-refractivity contribution in [2.75, 3.05) is 0 Å². The predicted octanol–water partition coefficient (Wildman–Crippen LogP) is 14.9. The zero-order valence-electron chi connectivity index (χ0n) is 36.2. The standard InChI is InChI=1S/C58H54N2O/c1-37-27-28-38(2)46(57(4,5)6)35-34-43(37)40-30-32-42(33-31-40)55-39(3)29-36-51(41-17-8-7-9-18-41)59-56(60-55)45-20-16-24-50-54(45)44-19-10-11-21-47(44)58(50)48-22-12-14-25-52(48)61-53-26-15-13-23-49(53)58/h7-27,30-35,38-39,55H,28-29,36H2,1-6H3/b37-27+,43-34+,46-35-,59-51+,60-56-. The Kier molecular flexibility index (Phi) is 9.74. The lowest BCUT2D eigenvalue weighted by Crippen LogP contribution is -2.32. The summed E-state index contributed by atoms with van der Waals surface area (Å²) in [6, 6.07) is 52.7. The molecule has 2 aliphatic heterocycles. The zero-order chi connectivity index (χ0) is 41.9. The van der Waals surface area contributed by atoms with Crippen LogP contribution in [0.3, 0.4) is 0 Å². The molecule has 3 atom stereocenters. The first kappa shape index (κ1) is 38.9. The van der Waals surface area contributed by atoms with E-state index in [0.717, 1.165) is 64.6 Å². The summed E-state index contributed by atoms with van der Waals surface area (Å²) in [4.78, 5) is 11.4. The monoisotopic (exact) mass is 794 g/mol. The number of benzene rings is 6. The lowest BCUT2D eigenvalue weighted by atomic mass is 9.66. The van der Waals surface area contributed by atoms with E-state index in [1.807, 2.05) is 0 Å². The summed E-state index contributed by atoms with van der Waals surface area (Å²) >= 11 is 0. The van der Waals surface area contributed by atoms with Crippen molar-refractivity contribution in [3.05, 3.63) is 219 Å². The van der Waals surface area contributed by atoms with Crippen LogP contribution in [-0.2, 0) is 5.41 Å². The van der Waals surface area contributed by atoms with Gasteiger partial charge < -0.3 is 4.74 Å². The number of ether oxygens (including phenoxy) is 1. The van der Waals surface area contributed by atoms with E-state index in [1.54, 1.807) is 0 Å². The molecular formula is C58H54N2O. The fourth-order valence-electron chi connectivity index (χ4n) is 10.7. The Balaban J connectivity index is 1.16. The molecule has 3 heteroatoms. The van der Waals surface area contributed by atoms with Gasteiger partial charge >= 0.3 is 0 Å². The van der Waals surface area contributed by atoms with E-state index in [9.17, 15) is 0 Å². The van der Waals surface area contributed by atoms with Crippen LogP contribution < -0.4 is 4.74 Å². The van der Waals surface area contributed by atoms with Crippen molar-refractivity contribution in [2.45, 2.75) is 72.3 Å². The van der Waals surface area contributed by atoms with Crippen molar-refractivity contribution >= 4 is 17.1 Å². The molecule has 10 rings (SSSR count). The molecule has 0 N–H and O–H groups in total. The first-order valence-electron chi connectivity index (χ1n) is 22.1. The van der Waals surface area contributed by atoms with Gasteiger partial charge in [-0.05, 0) is 106 Å². The minimum Gasteiger partial charge on any atom is -0.457 e. The van der Waals surface area contributed by atoms with Crippen LogP contribution in [0.4, 0.5) is 0 Å². The topological polar surface area (TPSA) is 34.0 Å². The van der Waals surface area contributed by atoms with Gasteiger partial charge in [0, 0.05) is 16.7 Å². The van der Waals surface area contributed by atoms with Crippen molar-refractivity contribution in [1.82, 2.24) is 0 Å². The average Bonchev–Trinajstić information content (AvgIpc) is 3.56. The summed E-state index contributed by atoms with van der Waals surface area (Å²) in [6.07, 6.45) is 10.1. The lowest BCUT2D eigenvalue weighted by molar-refractivity contribution is 0.436. The van der Waals surface area contributed by atoms with Gasteiger partial charge in [0.1, 0.15) is 11.5 Å². The Bertz CT molecular complexity index is 2780. The summed E-state index contributed by atoms with van der Waals surface area (Å²) in [5.74, 6) is 3.36. The highest BCUT2D eigenvalue weighted by Gasteiger charge is 2.51. The molecule has 0 saturated carbocycles. The van der Waals surface area contributed by atoms with Crippen LogP contribution in [0.15, 0.2) is 185 Å². The summed E-state index contributed by atoms with van der Waals surface area (Å²) in [7, 11) is 0. The van der Waals surface area contributed by atoms with Crippen LogP contribution in [0.5, 0.6) is 11.5 Å². The average molecular weight is 795 g/mol. The molecule has 0 saturated heterocycles. The summed E-state index contributed by atoms with van der Waals surface area (Å²) in [5.41, 5.74) is 16.6. The van der Waals surface area contributed by atoms with E-state index in [-0.39, 0.29) is 17.4 Å². The Morgan fingerprint density at radius 2 is 1.25 bits per heavy atom. The van der Waals surface area contributed by atoms with Crippen molar-refractivity contribution in [3.63, 3.8) is 0 Å². The van der Waals surface area contributed by atoms with Crippen LogP contribution >= 0.6 is 0 Å². The molecule has 0 radical (unpaired) electrons. The van der Waals surface area contributed by atoms with Crippen LogP contribution in [0.25, 0.3) is 16.7 Å². The van der Waals surface area contributed by atoms with Crippen molar-refractivity contribution in [2.24, 2.45) is 27.2 Å². The minimum absolute atomic E-state index is 0.0766. The lowest BCUT2D eigenvalue weighted by Gasteiger charge is -2.39. The molecule has 3 nitrogen and oxygen atoms in total. The van der Waals surface area contributed by atoms with E-state index in [2.05, 4.69) is 205 Å². The maximum absolute atomic E-state index is 6.64. The van der Waals surface area contributed by atoms with E-state index < -0.39 is 5.41 Å². The number of aliphatic imine (C=N–C) groups is 2. The van der Waals surface area contributed by atoms with Gasteiger partial charge in [-0.3, -0.25) is 4.99 Å². The minimum atomic E-state index is -0.566. The van der Waals surface area contributed by atoms with Gasteiger partial charge in [-0.1, -0.05) is 192 Å². The second-order valence-corrected chi connectivity index (χ2v) is 18.6. The SMILES string of the molecule is CC1=C\CC(C)/C(C(C)(C)C)=C/C=C\1c1ccc(C2/N=C(c3cccc4c3-c3ccccc3C43c4ccccc4Oc4ccccc43)\N=C(\c3ccccc3)CCC2C)cc1. The number of para-hydroxylation sites is 2. The molecule has 2 aliphatic carbocycles.